The van der Waals surface area contributed by atoms with Gasteiger partial charge in [-0.3, -0.25) is 9.59 Å². The first kappa shape index (κ1) is 23.4. The number of halogens is 1. The van der Waals surface area contributed by atoms with E-state index in [-0.39, 0.29) is 21.8 Å². The number of primary amides is 2. The number of carbonyl (C=O) groups is 2. The number of carbonyl (C=O) groups excluding carboxylic acids is 2. The number of pyridine rings is 1. The Kier molecular flexibility index (Phi) is 6.95. The molecule has 6 N–H and O–H groups in total. The predicted molar refractivity (Wildman–Crippen MR) is 121 cm³/mol. The molecule has 9 nitrogen and oxygen atoms in total. The van der Waals surface area contributed by atoms with E-state index in [4.69, 9.17) is 11.5 Å². The topological polar surface area (TPSA) is 146 Å². The van der Waals surface area contributed by atoms with Crippen LogP contribution in [0.5, 0.6) is 0 Å². The van der Waals surface area contributed by atoms with Crippen molar-refractivity contribution in [3.05, 3.63) is 52.5 Å². The van der Waals surface area contributed by atoms with Crippen LogP contribution in [0.1, 0.15) is 48.0 Å². The van der Waals surface area contributed by atoms with Gasteiger partial charge in [-0.2, -0.15) is 0 Å². The summed E-state index contributed by atoms with van der Waals surface area (Å²) in [6, 6.07) is 7.74. The summed E-state index contributed by atoms with van der Waals surface area (Å²) in [6.45, 7) is 2.90. The van der Waals surface area contributed by atoms with Crippen molar-refractivity contribution in [2.75, 3.05) is 30.8 Å². The van der Waals surface area contributed by atoms with Gasteiger partial charge in [0.2, 0.25) is 5.91 Å². The van der Waals surface area contributed by atoms with Crippen molar-refractivity contribution in [1.82, 2.24) is 4.98 Å². The first-order chi connectivity index (χ1) is 15.1. The van der Waals surface area contributed by atoms with E-state index in [1.807, 2.05) is 24.3 Å². The van der Waals surface area contributed by atoms with Crippen molar-refractivity contribution in [2.45, 2.75) is 38.1 Å². The summed E-state index contributed by atoms with van der Waals surface area (Å²) in [6.07, 6.45) is 1.99. The van der Waals surface area contributed by atoms with E-state index in [2.05, 4.69) is 15.6 Å². The maximum atomic E-state index is 14.5. The number of hydrogen-bond acceptors (Lipinski definition) is 6. The molecule has 1 aliphatic heterocycles. The van der Waals surface area contributed by atoms with Crippen LogP contribution in [0.25, 0.3) is 0 Å². The van der Waals surface area contributed by atoms with Crippen LogP contribution < -0.4 is 22.1 Å². The fraction of sp³-hybridized carbons (Fsp3) is 0.409. The van der Waals surface area contributed by atoms with E-state index < -0.39 is 23.7 Å². The maximum absolute atomic E-state index is 14.5. The van der Waals surface area contributed by atoms with Gasteiger partial charge in [-0.05, 0) is 36.1 Å². The van der Waals surface area contributed by atoms with Crippen LogP contribution in [0.4, 0.5) is 21.7 Å². The summed E-state index contributed by atoms with van der Waals surface area (Å²) in [5, 5.41) is 17.7. The third kappa shape index (κ3) is 5.51. The van der Waals surface area contributed by atoms with Gasteiger partial charge in [0.1, 0.15) is 11.9 Å². The van der Waals surface area contributed by atoms with E-state index in [9.17, 15) is 19.2 Å². The minimum Gasteiger partial charge on any atom is -0.633 e. The predicted octanol–water partition coefficient (Wildman–Crippen LogP) is 2.56. The Hall–Kier alpha value is -3.24. The number of rotatable bonds is 8. The number of aromatic nitrogens is 1. The number of nitrogens with one attached hydrogen (secondary N) is 2. The zero-order chi connectivity index (χ0) is 23.5. The highest BCUT2D eigenvalue weighted by molar-refractivity contribution is 5.98. The van der Waals surface area contributed by atoms with Crippen LogP contribution in [0, 0.1) is 11.0 Å². The van der Waals surface area contributed by atoms with Crippen molar-refractivity contribution >= 4 is 29.1 Å². The molecule has 172 valence electrons. The molecule has 0 spiro atoms. The lowest BCUT2D eigenvalue weighted by molar-refractivity contribution is -0.866. The van der Waals surface area contributed by atoms with E-state index in [1.165, 1.54) is 0 Å². The van der Waals surface area contributed by atoms with Gasteiger partial charge in [-0.15, -0.1) is 0 Å². The number of amides is 2. The molecule has 0 radical (unpaired) electrons. The Balaban J connectivity index is 1.81. The molecule has 2 aromatic rings. The summed E-state index contributed by atoms with van der Waals surface area (Å²) < 4.78 is 14.3. The van der Waals surface area contributed by atoms with Gasteiger partial charge in [0, 0.05) is 18.5 Å². The molecule has 1 atom stereocenters. The molecule has 2 amide bonds. The van der Waals surface area contributed by atoms with Crippen molar-refractivity contribution < 1.29 is 18.6 Å². The lowest BCUT2D eigenvalue weighted by atomic mass is 9.89. The van der Waals surface area contributed by atoms with E-state index in [1.54, 1.807) is 14.0 Å². The smallest absolute Gasteiger partial charge is 0.252 e. The first-order valence-corrected chi connectivity index (χ1v) is 10.6. The molecular formula is C22H29FN6O3. The second-order valence-corrected chi connectivity index (χ2v) is 8.35. The largest absolute Gasteiger partial charge is 0.633 e. The minimum absolute atomic E-state index is 0.0607. The van der Waals surface area contributed by atoms with Crippen molar-refractivity contribution in [2.24, 2.45) is 11.5 Å². The molecule has 1 aromatic carbocycles. The number of nitrogens with zero attached hydrogens (tertiary/aromatic N) is 2. The van der Waals surface area contributed by atoms with E-state index in [0.717, 1.165) is 24.5 Å². The Morgan fingerprint density at radius 3 is 2.38 bits per heavy atom. The van der Waals surface area contributed by atoms with E-state index >= 15 is 0 Å². The fourth-order valence-electron chi connectivity index (χ4n) is 3.84. The van der Waals surface area contributed by atoms with Crippen molar-refractivity contribution in [3.8, 4) is 0 Å². The van der Waals surface area contributed by atoms with Gasteiger partial charge >= 0.3 is 0 Å². The summed E-state index contributed by atoms with van der Waals surface area (Å²) in [5.41, 5.74) is 12.4. The number of likely N-dealkylation sites (tertiary alicyclic amines) is 1. The maximum Gasteiger partial charge on any atom is 0.252 e. The van der Waals surface area contributed by atoms with Gasteiger partial charge in [0.25, 0.3) is 5.91 Å². The minimum atomic E-state index is -0.843. The highest BCUT2D eigenvalue weighted by Crippen LogP contribution is 2.31. The normalized spacial score (nSPS) is 21.6. The van der Waals surface area contributed by atoms with Crippen LogP contribution in [0.15, 0.2) is 30.3 Å². The summed E-state index contributed by atoms with van der Waals surface area (Å²) in [7, 11) is 1.70. The van der Waals surface area contributed by atoms with Gasteiger partial charge in [-0.1, -0.05) is 19.1 Å². The average molecular weight is 445 g/mol. The molecule has 0 bridgehead atoms. The fourth-order valence-corrected chi connectivity index (χ4v) is 3.84. The number of benzene rings is 1. The number of hydrogen-bond donors (Lipinski definition) is 4. The Labute approximate surface area is 186 Å². The molecule has 3 rings (SSSR count). The van der Waals surface area contributed by atoms with Gasteiger partial charge in [0.05, 0.1) is 25.7 Å². The molecule has 32 heavy (non-hydrogen) atoms. The molecule has 1 aromatic heterocycles. The van der Waals surface area contributed by atoms with Crippen LogP contribution in [0.2, 0.25) is 0 Å². The quantitative estimate of drug-likeness (QED) is 0.363. The molecule has 2 heterocycles. The Morgan fingerprint density at radius 1 is 1.22 bits per heavy atom. The Morgan fingerprint density at radius 2 is 1.84 bits per heavy atom. The second-order valence-electron chi connectivity index (χ2n) is 8.35. The van der Waals surface area contributed by atoms with Gasteiger partial charge in [-0.25, -0.2) is 9.37 Å². The molecular weight excluding hydrogens is 415 g/mol. The molecule has 0 saturated carbocycles. The third-order valence-corrected chi connectivity index (χ3v) is 5.85. The lowest BCUT2D eigenvalue weighted by Gasteiger charge is -2.44. The number of piperidine rings is 1. The molecule has 0 unspecified atom stereocenters. The van der Waals surface area contributed by atoms with Crippen molar-refractivity contribution in [3.63, 3.8) is 0 Å². The molecule has 10 heteroatoms. The first-order valence-electron chi connectivity index (χ1n) is 10.6. The number of hydroxylamine groups is 3. The highest BCUT2D eigenvalue weighted by atomic mass is 19.1. The molecule has 1 fully saturated rings. The summed E-state index contributed by atoms with van der Waals surface area (Å²) in [4.78, 5) is 27.5. The zero-order valence-electron chi connectivity index (χ0n) is 18.2. The molecule has 1 aliphatic rings. The van der Waals surface area contributed by atoms with E-state index in [0.29, 0.717) is 31.1 Å². The number of quaternary nitrogens is 1. The lowest BCUT2D eigenvalue weighted by Crippen LogP contribution is -2.43. The van der Waals surface area contributed by atoms with Crippen molar-refractivity contribution in [1.29, 1.82) is 0 Å². The monoisotopic (exact) mass is 444 g/mol. The summed E-state index contributed by atoms with van der Waals surface area (Å²) in [5.74, 6) is -2.13. The molecule has 1 saturated heterocycles. The SMILES string of the molecule is CC[C@@H](Nc1nc(Nc2ccc(C3CC[N+](C)([O-])CC3)cc2)c(C(N)=O)cc1F)C(N)=O. The average Bonchev–Trinajstić information content (AvgIpc) is 2.74. The third-order valence-electron chi connectivity index (χ3n) is 5.85. The van der Waals surface area contributed by atoms with Gasteiger partial charge in [0.15, 0.2) is 11.6 Å². The van der Waals surface area contributed by atoms with Crippen LogP contribution >= 0.6 is 0 Å². The number of nitrogens with two attached hydrogens (primary N) is 2. The zero-order valence-corrected chi connectivity index (χ0v) is 18.2. The Bertz CT molecular complexity index is 986. The number of anilines is 3. The van der Waals surface area contributed by atoms with Crippen LogP contribution in [-0.2, 0) is 4.79 Å². The summed E-state index contributed by atoms with van der Waals surface area (Å²) >= 11 is 0. The second kappa shape index (κ2) is 9.49. The standard InChI is InChI=1S/C22H29FN6O3/c1-3-18(20(25)31)27-22-17(23)12-16(19(24)30)21(28-22)26-15-6-4-13(5-7-15)14-8-10-29(2,32)11-9-14/h4-7,12,14,18H,3,8-11H2,1-2H3,(H2,24,30)(H2,25,31)(H2,26,27,28)/t14?,18-,29?/m1/s1. The van der Waals surface area contributed by atoms with Gasteiger partial charge < -0.3 is 32.0 Å². The highest BCUT2D eigenvalue weighted by Gasteiger charge is 2.25. The van der Waals surface area contributed by atoms with Crippen LogP contribution in [-0.4, -0.2) is 47.6 Å². The molecule has 0 aliphatic carbocycles. The van der Waals surface area contributed by atoms with Crippen LogP contribution in [0.3, 0.4) is 0 Å².